The largest absolute Gasteiger partial charge is 0.357 e. The van der Waals surface area contributed by atoms with Crippen LogP contribution in [0.25, 0.3) is 10.9 Å². The highest BCUT2D eigenvalue weighted by molar-refractivity contribution is 7.97. The first kappa shape index (κ1) is 21.3. The minimum Gasteiger partial charge on any atom is -0.357 e. The Morgan fingerprint density at radius 2 is 2.20 bits per heavy atom. The molecule has 0 spiro atoms. The van der Waals surface area contributed by atoms with Crippen LogP contribution in [-0.4, -0.2) is 65.3 Å². The minimum absolute atomic E-state index is 0.0561. The number of aromatic amines is 1. The van der Waals surface area contributed by atoms with Gasteiger partial charge < -0.3 is 15.2 Å². The Balaban J connectivity index is 1.68. The van der Waals surface area contributed by atoms with Gasteiger partial charge in [-0.25, -0.2) is 4.79 Å². The summed E-state index contributed by atoms with van der Waals surface area (Å²) < 4.78 is 0. The van der Waals surface area contributed by atoms with Crippen molar-refractivity contribution in [2.24, 2.45) is 0 Å². The molecule has 5 nitrogen and oxygen atoms in total. The number of hydrogen-bond acceptors (Lipinski definition) is 3. The maximum absolute atomic E-state index is 12.7. The van der Waals surface area contributed by atoms with Crippen molar-refractivity contribution >= 4 is 28.7 Å². The van der Waals surface area contributed by atoms with Crippen molar-refractivity contribution in [3.63, 3.8) is 0 Å². The van der Waals surface area contributed by atoms with Crippen molar-refractivity contribution in [3.8, 4) is 0 Å². The lowest BCUT2D eigenvalue weighted by Crippen LogP contribution is -2.57. The van der Waals surface area contributed by atoms with Gasteiger partial charge in [-0.3, -0.25) is 4.90 Å². The predicted molar refractivity (Wildman–Crippen MR) is 127 cm³/mol. The molecule has 1 fully saturated rings. The first-order valence-corrected chi connectivity index (χ1v) is 12.5. The molecule has 4 rings (SSSR count). The quantitative estimate of drug-likeness (QED) is 0.647. The molecule has 0 radical (unpaired) electrons. The van der Waals surface area contributed by atoms with Crippen LogP contribution in [0.2, 0.25) is 0 Å². The van der Waals surface area contributed by atoms with Gasteiger partial charge in [-0.15, -0.1) is 6.58 Å². The Morgan fingerprint density at radius 3 is 2.90 bits per heavy atom. The molecule has 1 aromatic heterocycles. The summed E-state index contributed by atoms with van der Waals surface area (Å²) >= 11 is 1.87. The summed E-state index contributed by atoms with van der Waals surface area (Å²) in [6.45, 7) is 11.3. The van der Waals surface area contributed by atoms with E-state index in [0.29, 0.717) is 12.0 Å². The molecule has 1 aliphatic heterocycles. The topological polar surface area (TPSA) is 51.4 Å². The van der Waals surface area contributed by atoms with Gasteiger partial charge in [-0.2, -0.15) is 11.8 Å². The van der Waals surface area contributed by atoms with Crippen molar-refractivity contribution in [2.75, 3.05) is 32.4 Å². The average Bonchev–Trinajstić information content (AvgIpc) is 3.09. The zero-order chi connectivity index (χ0) is 21.3. The summed E-state index contributed by atoms with van der Waals surface area (Å²) in [6, 6.07) is 7.36. The Hall–Kier alpha value is -1.92. The molecule has 2 amide bonds. The fraction of sp³-hybridized carbons (Fsp3) is 0.542. The molecule has 1 unspecified atom stereocenters. The Labute approximate surface area is 184 Å². The Kier molecular flexibility index (Phi) is 6.44. The van der Waals surface area contributed by atoms with Crippen LogP contribution in [0.1, 0.15) is 43.0 Å². The summed E-state index contributed by atoms with van der Waals surface area (Å²) in [4.78, 5) is 20.8. The number of aromatic nitrogens is 1. The summed E-state index contributed by atoms with van der Waals surface area (Å²) in [5, 5.41) is 4.75. The van der Waals surface area contributed by atoms with Crippen molar-refractivity contribution in [2.45, 2.75) is 50.4 Å². The number of nitrogens with zero attached hydrogens (tertiary/aromatic N) is 2. The highest BCUT2D eigenvalue weighted by Crippen LogP contribution is 2.45. The van der Waals surface area contributed by atoms with Gasteiger partial charge in [-0.1, -0.05) is 18.2 Å². The molecule has 2 aromatic rings. The summed E-state index contributed by atoms with van der Waals surface area (Å²) in [5.41, 5.74) is 5.57. The fourth-order valence-corrected chi connectivity index (χ4v) is 6.02. The zero-order valence-corrected chi connectivity index (χ0v) is 19.2. The second-order valence-corrected chi connectivity index (χ2v) is 9.33. The zero-order valence-electron chi connectivity index (χ0n) is 18.4. The highest BCUT2D eigenvalue weighted by atomic mass is 32.2. The van der Waals surface area contributed by atoms with Gasteiger partial charge >= 0.3 is 6.03 Å². The van der Waals surface area contributed by atoms with E-state index in [-0.39, 0.29) is 12.1 Å². The van der Waals surface area contributed by atoms with Gasteiger partial charge in [0.25, 0.3) is 0 Å². The van der Waals surface area contributed by atoms with Gasteiger partial charge in [0.1, 0.15) is 0 Å². The van der Waals surface area contributed by atoms with Crippen LogP contribution < -0.4 is 5.32 Å². The summed E-state index contributed by atoms with van der Waals surface area (Å²) in [7, 11) is 0. The third-order valence-corrected chi connectivity index (χ3v) is 7.40. The van der Waals surface area contributed by atoms with E-state index in [0.717, 1.165) is 44.8 Å². The first-order chi connectivity index (χ1) is 14.6. The monoisotopic (exact) mass is 426 g/mol. The number of urea groups is 1. The van der Waals surface area contributed by atoms with Crippen LogP contribution >= 0.6 is 11.8 Å². The number of carbonyl (C=O) groups is 1. The van der Waals surface area contributed by atoms with Gasteiger partial charge in [0.05, 0.1) is 0 Å². The van der Waals surface area contributed by atoms with Crippen molar-refractivity contribution in [1.82, 2.24) is 20.1 Å². The molecule has 0 saturated carbocycles. The molecule has 1 aliphatic carbocycles. The molecule has 3 atom stereocenters. The smallest absolute Gasteiger partial charge is 0.317 e. The minimum atomic E-state index is 0.0561. The number of thioether (sulfide) groups is 1. The summed E-state index contributed by atoms with van der Waals surface area (Å²) in [6.07, 6.45) is 6.23. The van der Waals surface area contributed by atoms with Crippen LogP contribution in [-0.2, 0) is 12.2 Å². The lowest BCUT2D eigenvalue weighted by Gasteiger charge is -2.47. The number of amides is 2. The van der Waals surface area contributed by atoms with Crippen LogP contribution in [0, 0.1) is 0 Å². The van der Waals surface area contributed by atoms with E-state index >= 15 is 0 Å². The van der Waals surface area contributed by atoms with Crippen molar-refractivity contribution < 1.29 is 4.79 Å². The molecule has 2 heterocycles. The van der Waals surface area contributed by atoms with Gasteiger partial charge in [0.2, 0.25) is 0 Å². The van der Waals surface area contributed by atoms with Crippen molar-refractivity contribution in [3.05, 3.63) is 47.7 Å². The van der Waals surface area contributed by atoms with Crippen LogP contribution in [0.5, 0.6) is 0 Å². The second kappa shape index (κ2) is 9.06. The number of likely N-dealkylation sites (tertiary alicyclic amines) is 1. The third kappa shape index (κ3) is 3.76. The Morgan fingerprint density at radius 1 is 1.40 bits per heavy atom. The van der Waals surface area contributed by atoms with Crippen LogP contribution in [0.3, 0.4) is 0 Å². The number of piperidine rings is 1. The van der Waals surface area contributed by atoms with E-state index in [9.17, 15) is 4.79 Å². The van der Waals surface area contributed by atoms with E-state index in [4.69, 9.17) is 0 Å². The number of hydrogen-bond donors (Lipinski definition) is 2. The molecule has 1 aromatic carbocycles. The number of rotatable bonds is 7. The van der Waals surface area contributed by atoms with Gasteiger partial charge in [-0.05, 0) is 50.1 Å². The molecule has 1 saturated heterocycles. The van der Waals surface area contributed by atoms with E-state index in [1.807, 2.05) is 36.6 Å². The molecule has 2 aliphatic rings. The number of nitrogens with one attached hydrogen (secondary N) is 2. The first-order valence-electron chi connectivity index (χ1n) is 11.1. The Bertz CT molecular complexity index is 919. The standard InChI is InChI=1S/C24H34N4OS/c1-5-11-28-14-16(25-24(29)27(6-2)7-3)12-18-17-9-8-10-20-23(17)19(13-22(18)28)21(26-20)15-30-4/h5,8-10,16,18,22,26H,1,6-7,11-15H2,2-4H3,(H,25,29)/t16-,18?,22+/m0/s1. The maximum Gasteiger partial charge on any atom is 0.317 e. The average molecular weight is 427 g/mol. The number of H-pyrrole nitrogens is 1. The highest BCUT2D eigenvalue weighted by Gasteiger charge is 2.41. The molecular weight excluding hydrogens is 392 g/mol. The van der Waals surface area contributed by atoms with Gasteiger partial charge in [0.15, 0.2) is 0 Å². The fourth-order valence-electron chi connectivity index (χ4n) is 5.48. The van der Waals surface area contributed by atoms with E-state index in [1.165, 1.54) is 27.7 Å². The van der Waals surface area contributed by atoms with E-state index in [2.05, 4.69) is 46.2 Å². The molecule has 30 heavy (non-hydrogen) atoms. The molecular formula is C24H34N4OS. The van der Waals surface area contributed by atoms with Crippen molar-refractivity contribution in [1.29, 1.82) is 0 Å². The van der Waals surface area contributed by atoms with Crippen LogP contribution in [0.4, 0.5) is 4.79 Å². The molecule has 0 bridgehead atoms. The number of benzene rings is 1. The predicted octanol–water partition coefficient (Wildman–Crippen LogP) is 4.35. The lowest BCUT2D eigenvalue weighted by molar-refractivity contribution is 0.110. The SMILES string of the molecule is C=CCN1C[C@@H](NC(=O)N(CC)CC)CC2c3cccc4[nH]c(CSC)c(c34)C[C@H]21. The molecule has 162 valence electrons. The molecule has 2 N–H and O–H groups in total. The third-order valence-electron chi connectivity index (χ3n) is 6.82. The van der Waals surface area contributed by atoms with E-state index in [1.54, 1.807) is 0 Å². The number of carbonyl (C=O) groups excluding carboxylic acids is 1. The van der Waals surface area contributed by atoms with E-state index < -0.39 is 0 Å². The summed E-state index contributed by atoms with van der Waals surface area (Å²) in [5.74, 6) is 1.44. The van der Waals surface area contributed by atoms with Crippen LogP contribution in [0.15, 0.2) is 30.9 Å². The second-order valence-electron chi connectivity index (χ2n) is 8.46. The number of fused-ring (bicyclic) bond motifs is 2. The lowest BCUT2D eigenvalue weighted by atomic mass is 9.73. The maximum atomic E-state index is 12.7. The van der Waals surface area contributed by atoms with Gasteiger partial charge in [0, 0.05) is 66.5 Å². The normalized spacial score (nSPS) is 23.2. The molecule has 6 heteroatoms.